The van der Waals surface area contributed by atoms with Crippen LogP contribution in [0.15, 0.2) is 0 Å². The summed E-state index contributed by atoms with van der Waals surface area (Å²) in [7, 11) is 0. The molecule has 4 heavy (non-hydrogen) atoms. The van der Waals surface area contributed by atoms with Crippen LogP contribution >= 0.6 is 12.4 Å². The van der Waals surface area contributed by atoms with Gasteiger partial charge in [-0.15, -0.1) is 12.4 Å². The van der Waals surface area contributed by atoms with E-state index in [1.165, 1.54) is 0 Å². The molecule has 0 heterocycles. The molecule has 0 spiro atoms. The fraction of sp³-hybridized carbons (Fsp3) is 0. The van der Waals surface area contributed by atoms with Gasteiger partial charge >= 0.3 is 23.6 Å². The van der Waals surface area contributed by atoms with E-state index in [0.29, 0.717) is 0 Å². The zero-order valence-corrected chi connectivity index (χ0v) is 4.68. The molecule has 0 rings (SSSR count). The summed E-state index contributed by atoms with van der Waals surface area (Å²) >= 11 is -1.75. The van der Waals surface area contributed by atoms with Crippen LogP contribution in [0.2, 0.25) is 0 Å². The average molecular weight is 142 g/mol. The second-order valence-electron chi connectivity index (χ2n) is 0.0913. The maximum atomic E-state index is 8.61. The molecule has 0 aliphatic carbocycles. The summed E-state index contributed by atoms with van der Waals surface area (Å²) in [5.41, 5.74) is 0. The van der Waals surface area contributed by atoms with E-state index in [1.54, 1.807) is 0 Å². The first-order valence-corrected chi connectivity index (χ1v) is 2.22. The van der Waals surface area contributed by atoms with Crippen molar-refractivity contribution in [2.75, 3.05) is 0 Å². The number of rotatable bonds is 0. The SMILES string of the molecule is Cl.[O]=[Ge][OH]. The summed E-state index contributed by atoms with van der Waals surface area (Å²) < 4.78 is 15.8. The molecule has 1 N–H and O–H groups in total. The van der Waals surface area contributed by atoms with Crippen molar-refractivity contribution in [2.45, 2.75) is 0 Å². The van der Waals surface area contributed by atoms with Crippen LogP contribution in [0.25, 0.3) is 0 Å². The molecule has 0 aliphatic rings. The fourth-order valence-electron chi connectivity index (χ4n) is 0. The molecule has 0 aromatic heterocycles. The van der Waals surface area contributed by atoms with E-state index >= 15 is 0 Å². The van der Waals surface area contributed by atoms with Gasteiger partial charge in [-0.2, -0.15) is 0 Å². The van der Waals surface area contributed by atoms with Crippen LogP contribution in [-0.4, -0.2) is 19.8 Å². The standard InChI is InChI=1S/ClH.GeHO2/c;2-1-3/h1H;2H. The molecule has 0 saturated heterocycles. The van der Waals surface area contributed by atoms with Gasteiger partial charge in [0.15, 0.2) is 0 Å². The van der Waals surface area contributed by atoms with Crippen LogP contribution < -0.4 is 0 Å². The zero-order valence-electron chi connectivity index (χ0n) is 1.76. The topological polar surface area (TPSA) is 37.3 Å². The van der Waals surface area contributed by atoms with Gasteiger partial charge in [0.05, 0.1) is 0 Å². The Bertz CT molecular complexity index is 13.5. The Kier molecular flexibility index (Phi) is 21.8. The van der Waals surface area contributed by atoms with Crippen molar-refractivity contribution in [1.29, 1.82) is 0 Å². The van der Waals surface area contributed by atoms with Gasteiger partial charge < -0.3 is 0 Å². The molecule has 0 fully saturated rings. The van der Waals surface area contributed by atoms with Crippen molar-refractivity contribution in [3.8, 4) is 0 Å². The van der Waals surface area contributed by atoms with Gasteiger partial charge in [0.25, 0.3) is 0 Å². The number of halogens is 1. The van der Waals surface area contributed by atoms with Gasteiger partial charge in [-0.25, -0.2) is 0 Å². The molecule has 0 aromatic rings. The molecule has 0 bridgehead atoms. The molecule has 25 valence electrons. The van der Waals surface area contributed by atoms with Crippen LogP contribution in [0.3, 0.4) is 0 Å². The Hall–Kier alpha value is 0.433. The Balaban J connectivity index is 0. The van der Waals surface area contributed by atoms with E-state index < -0.39 is 15.7 Å². The first kappa shape index (κ1) is 8.83. The molecular weight excluding hydrogens is 140 g/mol. The molecule has 0 amide bonds. The molecule has 0 aromatic carbocycles. The van der Waals surface area contributed by atoms with Gasteiger partial charge in [0, 0.05) is 0 Å². The Morgan fingerprint density at radius 2 is 1.75 bits per heavy atom. The zero-order chi connectivity index (χ0) is 2.71. The predicted octanol–water partition coefficient (Wildman–Crippen LogP) is -0.635. The second kappa shape index (κ2) is 9.90. The average Bonchev–Trinajstić information content (AvgIpc) is 0.918. The molecule has 1 radical (unpaired) electrons. The van der Waals surface area contributed by atoms with E-state index in [4.69, 9.17) is 7.91 Å². The van der Waals surface area contributed by atoms with E-state index in [2.05, 4.69) is 0 Å². The third-order valence-electron chi connectivity index (χ3n) is 0. The summed E-state index contributed by atoms with van der Waals surface area (Å²) in [6.07, 6.45) is 0. The summed E-state index contributed by atoms with van der Waals surface area (Å²) in [6.45, 7) is 0. The second-order valence-corrected chi connectivity index (χ2v) is 0.474. The Labute approximate surface area is 36.6 Å². The van der Waals surface area contributed by atoms with Crippen LogP contribution in [0, 0.1) is 0 Å². The first-order valence-electron chi connectivity index (χ1n) is 0.428. The van der Waals surface area contributed by atoms with Crippen LogP contribution in [-0.2, 0) is 3.78 Å². The van der Waals surface area contributed by atoms with E-state index in [1.807, 2.05) is 0 Å². The van der Waals surface area contributed by atoms with E-state index in [9.17, 15) is 0 Å². The Morgan fingerprint density at radius 1 is 1.75 bits per heavy atom. The normalized spacial score (nSPS) is 3.00. The van der Waals surface area contributed by atoms with E-state index in [-0.39, 0.29) is 12.4 Å². The van der Waals surface area contributed by atoms with E-state index in [0.717, 1.165) is 0 Å². The predicted molar refractivity (Wildman–Crippen MR) is 15.9 cm³/mol. The minimum atomic E-state index is -1.75. The third kappa shape index (κ3) is 26.7. The summed E-state index contributed by atoms with van der Waals surface area (Å²) in [5, 5.41) is 0. The first-order chi connectivity index (χ1) is 1.41. The fourth-order valence-corrected chi connectivity index (χ4v) is 0. The Morgan fingerprint density at radius 3 is 1.75 bits per heavy atom. The molecule has 4 heteroatoms. The van der Waals surface area contributed by atoms with Crippen molar-refractivity contribution in [1.82, 2.24) is 0 Å². The van der Waals surface area contributed by atoms with Gasteiger partial charge in [-0.05, 0) is 0 Å². The van der Waals surface area contributed by atoms with Crippen LogP contribution in [0.4, 0.5) is 0 Å². The minimum absolute atomic E-state index is 0. The summed E-state index contributed by atoms with van der Waals surface area (Å²) in [5.74, 6) is 0. The maximum absolute atomic E-state index is 8.61. The summed E-state index contributed by atoms with van der Waals surface area (Å²) in [4.78, 5) is 0. The summed E-state index contributed by atoms with van der Waals surface area (Å²) in [6, 6.07) is 0. The van der Waals surface area contributed by atoms with Crippen LogP contribution in [0.1, 0.15) is 0 Å². The molecule has 0 unspecified atom stereocenters. The van der Waals surface area contributed by atoms with Gasteiger partial charge in [0.2, 0.25) is 0 Å². The molecular formula is H2ClGeO2. The van der Waals surface area contributed by atoms with Crippen molar-refractivity contribution in [3.63, 3.8) is 0 Å². The third-order valence-corrected chi connectivity index (χ3v) is 0. The van der Waals surface area contributed by atoms with Crippen molar-refractivity contribution in [3.05, 3.63) is 0 Å². The number of hydrogen-bond acceptors (Lipinski definition) is 1. The number of hydrogen-bond donors (Lipinski definition) is 1. The van der Waals surface area contributed by atoms with Crippen LogP contribution in [0.5, 0.6) is 0 Å². The van der Waals surface area contributed by atoms with Crippen molar-refractivity contribution in [2.24, 2.45) is 0 Å². The molecule has 2 nitrogen and oxygen atoms in total. The molecule has 0 saturated carbocycles. The quantitative estimate of drug-likeness (QED) is 0.457. The molecule has 0 atom stereocenters. The van der Waals surface area contributed by atoms with Gasteiger partial charge in [-0.1, -0.05) is 0 Å². The van der Waals surface area contributed by atoms with Gasteiger partial charge in [0.1, 0.15) is 0 Å². The van der Waals surface area contributed by atoms with Crippen molar-refractivity contribution >= 4 is 28.1 Å². The molecule has 0 aliphatic heterocycles. The monoisotopic (exact) mass is 143 g/mol. The van der Waals surface area contributed by atoms with Gasteiger partial charge in [-0.3, -0.25) is 0 Å². The van der Waals surface area contributed by atoms with Crippen molar-refractivity contribution < 1.29 is 7.91 Å².